The number of halogens is 1. The van der Waals surface area contributed by atoms with Gasteiger partial charge >= 0.3 is 0 Å². The van der Waals surface area contributed by atoms with Crippen molar-refractivity contribution in [1.82, 2.24) is 10.2 Å². The molecule has 2 aliphatic rings. The van der Waals surface area contributed by atoms with Gasteiger partial charge in [0.05, 0.1) is 0 Å². The first kappa shape index (κ1) is 18.1. The molecule has 1 unspecified atom stereocenters. The van der Waals surface area contributed by atoms with E-state index in [1.165, 1.54) is 0 Å². The van der Waals surface area contributed by atoms with Crippen LogP contribution in [0.25, 0.3) is 11.1 Å². The van der Waals surface area contributed by atoms with Crippen LogP contribution in [0.1, 0.15) is 38.2 Å². The van der Waals surface area contributed by atoms with Crippen LogP contribution in [0.15, 0.2) is 48.5 Å². The van der Waals surface area contributed by atoms with Crippen molar-refractivity contribution in [2.75, 3.05) is 6.54 Å². The minimum absolute atomic E-state index is 0.0201. The monoisotopic (exact) mass is 381 g/mol. The van der Waals surface area contributed by atoms with Gasteiger partial charge in [-0.15, -0.1) is 0 Å². The van der Waals surface area contributed by atoms with E-state index in [-0.39, 0.29) is 17.8 Å². The summed E-state index contributed by atoms with van der Waals surface area (Å²) in [6.07, 6.45) is 3.92. The van der Waals surface area contributed by atoms with E-state index >= 15 is 0 Å². The molecule has 1 atom stereocenters. The van der Waals surface area contributed by atoms with Crippen molar-refractivity contribution in [3.05, 3.63) is 59.1 Å². The molecule has 0 bridgehead atoms. The average Bonchev–Trinajstić information content (AvgIpc) is 3.48. The summed E-state index contributed by atoms with van der Waals surface area (Å²) < 4.78 is 0. The van der Waals surface area contributed by atoms with Gasteiger partial charge in [0.15, 0.2) is 5.96 Å². The lowest BCUT2D eigenvalue weighted by Gasteiger charge is -2.28. The number of hydrogen-bond acceptors (Lipinski definition) is 2. The highest BCUT2D eigenvalue weighted by Gasteiger charge is 2.58. The molecule has 4 nitrogen and oxygen atoms in total. The molecule has 2 N–H and O–H groups in total. The van der Waals surface area contributed by atoms with Crippen molar-refractivity contribution < 1.29 is 4.79 Å². The van der Waals surface area contributed by atoms with Crippen molar-refractivity contribution in [2.45, 2.75) is 38.1 Å². The van der Waals surface area contributed by atoms with Gasteiger partial charge in [-0.3, -0.25) is 15.1 Å². The molecular formula is C22H24ClN3O. The van der Waals surface area contributed by atoms with Gasteiger partial charge in [-0.1, -0.05) is 55.3 Å². The maximum absolute atomic E-state index is 13.4. The first-order valence-corrected chi connectivity index (χ1v) is 9.99. The molecule has 0 aromatic heterocycles. The molecule has 1 aliphatic heterocycles. The van der Waals surface area contributed by atoms with Gasteiger partial charge in [0.1, 0.15) is 5.54 Å². The van der Waals surface area contributed by atoms with E-state index < -0.39 is 5.54 Å². The highest BCUT2D eigenvalue weighted by Crippen LogP contribution is 2.49. The number of nitrogens with one attached hydrogen (secondary N) is 2. The van der Waals surface area contributed by atoms with E-state index in [4.69, 9.17) is 17.0 Å². The molecule has 140 valence electrons. The van der Waals surface area contributed by atoms with Crippen LogP contribution in [-0.4, -0.2) is 23.3 Å². The van der Waals surface area contributed by atoms with Gasteiger partial charge in [-0.25, -0.2) is 0 Å². The number of carbonyl (C=O) groups is 1. The Labute approximate surface area is 165 Å². The molecule has 27 heavy (non-hydrogen) atoms. The minimum atomic E-state index is -0.806. The van der Waals surface area contributed by atoms with Crippen LogP contribution in [0.2, 0.25) is 5.02 Å². The standard InChI is InChI=1S/C22H24ClN3O/c1-2-3-12-26-20(27)22(17-10-11-17,25-21(26)24)18-8-4-6-15(13-18)16-7-5-9-19(23)14-16/h4-9,13-14,17H,2-3,10-12H2,1H3,(H2,24,25). The molecule has 2 aromatic rings. The Morgan fingerprint density at radius 3 is 2.56 bits per heavy atom. The van der Waals surface area contributed by atoms with Crippen LogP contribution in [0, 0.1) is 11.3 Å². The second-order valence-electron chi connectivity index (χ2n) is 7.46. The number of amides is 1. The Morgan fingerprint density at radius 1 is 1.19 bits per heavy atom. The van der Waals surface area contributed by atoms with E-state index in [0.717, 1.165) is 42.4 Å². The Balaban J connectivity index is 1.75. The van der Waals surface area contributed by atoms with Crippen LogP contribution < -0.4 is 5.32 Å². The Hall–Kier alpha value is -2.33. The number of hydrogen-bond donors (Lipinski definition) is 2. The lowest BCUT2D eigenvalue weighted by Crippen LogP contribution is -2.46. The van der Waals surface area contributed by atoms with Crippen LogP contribution in [0.3, 0.4) is 0 Å². The SMILES string of the molecule is CCCCN1C(=N)NC(c2cccc(-c3cccc(Cl)c3)c2)(C2CC2)C1=O. The van der Waals surface area contributed by atoms with Crippen molar-refractivity contribution >= 4 is 23.5 Å². The Bertz CT molecular complexity index is 893. The number of rotatable bonds is 6. The largest absolute Gasteiger partial charge is 0.338 e. The van der Waals surface area contributed by atoms with Gasteiger partial charge in [0, 0.05) is 11.6 Å². The van der Waals surface area contributed by atoms with Gasteiger partial charge in [0.2, 0.25) is 0 Å². The summed E-state index contributed by atoms with van der Waals surface area (Å²) in [6.45, 7) is 2.70. The molecule has 4 rings (SSSR count). The molecular weight excluding hydrogens is 358 g/mol. The summed E-state index contributed by atoms with van der Waals surface area (Å²) in [5.41, 5.74) is 2.19. The maximum atomic E-state index is 13.4. The zero-order valence-corrected chi connectivity index (χ0v) is 16.2. The molecule has 1 heterocycles. The number of unbranched alkanes of at least 4 members (excludes halogenated alkanes) is 1. The fourth-order valence-electron chi connectivity index (χ4n) is 3.99. The third-order valence-corrected chi connectivity index (χ3v) is 5.80. The molecule has 2 fully saturated rings. The van der Waals surface area contributed by atoms with Crippen molar-refractivity contribution in [3.8, 4) is 11.1 Å². The van der Waals surface area contributed by atoms with Gasteiger partial charge in [-0.05, 0) is 60.1 Å². The van der Waals surface area contributed by atoms with E-state index in [9.17, 15) is 4.79 Å². The van der Waals surface area contributed by atoms with Crippen LogP contribution >= 0.6 is 11.6 Å². The summed E-state index contributed by atoms with van der Waals surface area (Å²) in [5, 5.41) is 12.3. The molecule has 1 aliphatic carbocycles. The first-order chi connectivity index (χ1) is 13.1. The lowest BCUT2D eigenvalue weighted by atomic mass is 9.83. The van der Waals surface area contributed by atoms with Gasteiger partial charge < -0.3 is 5.32 Å². The minimum Gasteiger partial charge on any atom is -0.338 e. The van der Waals surface area contributed by atoms with E-state index in [2.05, 4.69) is 18.3 Å². The molecule has 2 aromatic carbocycles. The maximum Gasteiger partial charge on any atom is 0.259 e. The predicted molar refractivity (Wildman–Crippen MR) is 109 cm³/mol. The lowest BCUT2D eigenvalue weighted by molar-refractivity contribution is -0.132. The average molecular weight is 382 g/mol. The summed E-state index contributed by atoms with van der Waals surface area (Å²) in [7, 11) is 0. The fourth-order valence-corrected chi connectivity index (χ4v) is 4.18. The molecule has 1 saturated carbocycles. The molecule has 0 radical (unpaired) electrons. The zero-order chi connectivity index (χ0) is 19.0. The number of nitrogens with zero attached hydrogens (tertiary/aromatic N) is 1. The summed E-state index contributed by atoms with van der Waals surface area (Å²) in [6, 6.07) is 15.9. The number of benzene rings is 2. The normalized spacial score (nSPS) is 22.2. The highest BCUT2D eigenvalue weighted by molar-refractivity contribution is 6.30. The van der Waals surface area contributed by atoms with Gasteiger partial charge in [-0.2, -0.15) is 0 Å². The first-order valence-electron chi connectivity index (χ1n) is 9.61. The number of carbonyl (C=O) groups excluding carboxylic acids is 1. The Morgan fingerprint density at radius 2 is 1.89 bits per heavy atom. The van der Waals surface area contributed by atoms with E-state index in [1.54, 1.807) is 4.90 Å². The van der Waals surface area contributed by atoms with Crippen LogP contribution in [-0.2, 0) is 10.3 Å². The molecule has 5 heteroatoms. The summed E-state index contributed by atoms with van der Waals surface area (Å²) >= 11 is 6.16. The van der Waals surface area contributed by atoms with Gasteiger partial charge in [0.25, 0.3) is 5.91 Å². The second-order valence-corrected chi connectivity index (χ2v) is 7.89. The molecule has 1 saturated heterocycles. The van der Waals surface area contributed by atoms with E-state index in [0.29, 0.717) is 11.6 Å². The van der Waals surface area contributed by atoms with Crippen LogP contribution in [0.4, 0.5) is 0 Å². The molecule has 0 spiro atoms. The van der Waals surface area contributed by atoms with Crippen LogP contribution in [0.5, 0.6) is 0 Å². The third-order valence-electron chi connectivity index (χ3n) is 5.57. The van der Waals surface area contributed by atoms with Crippen molar-refractivity contribution in [3.63, 3.8) is 0 Å². The summed E-state index contributed by atoms with van der Waals surface area (Å²) in [4.78, 5) is 15.0. The Kier molecular flexibility index (Phi) is 4.68. The second kappa shape index (κ2) is 7.01. The quantitative estimate of drug-likeness (QED) is 0.756. The third kappa shape index (κ3) is 3.12. The number of guanidine groups is 1. The highest BCUT2D eigenvalue weighted by atomic mass is 35.5. The summed E-state index contributed by atoms with van der Waals surface area (Å²) in [5.74, 6) is 0.492. The fraction of sp³-hybridized carbons (Fsp3) is 0.364. The zero-order valence-electron chi connectivity index (χ0n) is 15.5. The predicted octanol–water partition coefficient (Wildman–Crippen LogP) is 4.78. The van der Waals surface area contributed by atoms with Crippen molar-refractivity contribution in [2.24, 2.45) is 5.92 Å². The smallest absolute Gasteiger partial charge is 0.259 e. The van der Waals surface area contributed by atoms with E-state index in [1.807, 2.05) is 42.5 Å². The topological polar surface area (TPSA) is 56.2 Å². The van der Waals surface area contributed by atoms with Crippen molar-refractivity contribution in [1.29, 1.82) is 5.41 Å². The molecule has 1 amide bonds.